The second-order valence-corrected chi connectivity index (χ2v) is 5.39. The summed E-state index contributed by atoms with van der Waals surface area (Å²) in [5.41, 5.74) is 0. The van der Waals surface area contributed by atoms with E-state index in [1.54, 1.807) is 0 Å². The van der Waals surface area contributed by atoms with Crippen LogP contribution < -0.4 is 0 Å². The second-order valence-electron chi connectivity index (χ2n) is 5.39. The number of carboxylic acid groups (broad SMARTS) is 1. The van der Waals surface area contributed by atoms with Crippen LogP contribution in [0, 0.1) is 0 Å². The van der Waals surface area contributed by atoms with E-state index in [9.17, 15) is 4.79 Å². The molecule has 0 rings (SSSR count). The van der Waals surface area contributed by atoms with Crippen molar-refractivity contribution in [1.82, 2.24) is 0 Å². The van der Waals surface area contributed by atoms with Gasteiger partial charge in [0.2, 0.25) is 0 Å². The Bertz CT molecular complexity index is 187. The number of hydrogen-bond donors (Lipinski definition) is 1. The summed E-state index contributed by atoms with van der Waals surface area (Å²) >= 11 is 0. The van der Waals surface area contributed by atoms with Crippen LogP contribution in [0.15, 0.2) is 0 Å². The van der Waals surface area contributed by atoms with E-state index in [1.807, 2.05) is 0 Å². The molecule has 0 saturated carbocycles. The normalized spacial score (nSPS) is 9.65. The summed E-state index contributed by atoms with van der Waals surface area (Å²) in [6.07, 6.45) is 17.3. The van der Waals surface area contributed by atoms with Crippen molar-refractivity contribution < 1.29 is 9.90 Å². The van der Waals surface area contributed by atoms with Gasteiger partial charge in [0, 0.05) is 6.42 Å². The van der Waals surface area contributed by atoms with E-state index in [-0.39, 0.29) is 103 Å². The third-order valence-electron chi connectivity index (χ3n) is 3.49. The van der Waals surface area contributed by atoms with Gasteiger partial charge >= 0.3 is 109 Å². The van der Waals surface area contributed by atoms with Crippen molar-refractivity contribution in [2.75, 3.05) is 0 Å². The number of rotatable bonds is 14. The SMILES string of the molecule is CCCCCCCCCCCCCCCC(=O)O.[KH].[KH]. The first-order chi connectivity index (χ1) is 8.77. The molecule has 0 spiro atoms. The number of carbonyl (C=O) groups is 1. The summed E-state index contributed by atoms with van der Waals surface area (Å²) in [6, 6.07) is 0. The quantitative estimate of drug-likeness (QED) is 0.380. The Hall–Kier alpha value is 2.74. The number of carboxylic acids is 1. The molecule has 0 unspecified atom stereocenters. The van der Waals surface area contributed by atoms with Gasteiger partial charge in [0.25, 0.3) is 0 Å². The van der Waals surface area contributed by atoms with E-state index in [2.05, 4.69) is 6.92 Å². The van der Waals surface area contributed by atoms with Crippen LogP contribution in [0.2, 0.25) is 0 Å². The molecule has 0 fully saturated rings. The fourth-order valence-corrected chi connectivity index (χ4v) is 2.29. The van der Waals surface area contributed by atoms with Crippen LogP contribution in [-0.2, 0) is 4.79 Å². The molecule has 0 aromatic rings. The average Bonchev–Trinajstić information content (AvgIpc) is 2.34. The van der Waals surface area contributed by atoms with Crippen molar-refractivity contribution in [3.05, 3.63) is 0 Å². The maximum absolute atomic E-state index is 10.3. The first-order valence-electron chi connectivity index (χ1n) is 7.99. The standard InChI is InChI=1S/C16H32O2.2K.2H/c1-2-3-4-5-6-7-8-9-10-11-12-13-14-15-16(17)18;;;;/h2-15H2,1H3,(H,17,18);;;;. The molecule has 0 bridgehead atoms. The summed E-state index contributed by atoms with van der Waals surface area (Å²) in [4.78, 5) is 10.3. The van der Waals surface area contributed by atoms with Crippen molar-refractivity contribution in [2.24, 2.45) is 0 Å². The molecule has 0 aromatic heterocycles. The Morgan fingerprint density at radius 3 is 1.25 bits per heavy atom. The Morgan fingerprint density at radius 1 is 0.650 bits per heavy atom. The van der Waals surface area contributed by atoms with Gasteiger partial charge in [-0.25, -0.2) is 0 Å². The summed E-state index contributed by atoms with van der Waals surface area (Å²) in [5.74, 6) is -0.655. The predicted molar refractivity (Wildman–Crippen MR) is 92.2 cm³/mol. The van der Waals surface area contributed by atoms with Crippen LogP contribution in [-0.4, -0.2) is 114 Å². The van der Waals surface area contributed by atoms with Crippen LogP contribution in [0.1, 0.15) is 96.8 Å². The van der Waals surface area contributed by atoms with Gasteiger partial charge in [0.15, 0.2) is 0 Å². The zero-order valence-electron chi connectivity index (χ0n) is 12.3. The Labute approximate surface area is 211 Å². The van der Waals surface area contributed by atoms with Crippen LogP contribution >= 0.6 is 0 Å². The van der Waals surface area contributed by atoms with Crippen molar-refractivity contribution in [1.29, 1.82) is 0 Å². The van der Waals surface area contributed by atoms with Gasteiger partial charge < -0.3 is 5.11 Å². The maximum atomic E-state index is 10.3. The van der Waals surface area contributed by atoms with E-state index in [4.69, 9.17) is 5.11 Å². The van der Waals surface area contributed by atoms with Crippen molar-refractivity contribution in [3.8, 4) is 0 Å². The number of hydrogen-bond acceptors (Lipinski definition) is 1. The summed E-state index contributed by atoms with van der Waals surface area (Å²) in [6.45, 7) is 2.26. The average molecular weight is 337 g/mol. The molecule has 112 valence electrons. The zero-order valence-corrected chi connectivity index (χ0v) is 12.3. The van der Waals surface area contributed by atoms with E-state index in [1.165, 1.54) is 70.6 Å². The van der Waals surface area contributed by atoms with E-state index >= 15 is 0 Å². The molecular weight excluding hydrogens is 302 g/mol. The van der Waals surface area contributed by atoms with Crippen LogP contribution in [0.3, 0.4) is 0 Å². The molecule has 20 heavy (non-hydrogen) atoms. The third kappa shape index (κ3) is 25.7. The van der Waals surface area contributed by atoms with Gasteiger partial charge in [-0.2, -0.15) is 0 Å². The minimum atomic E-state index is -0.655. The molecule has 0 aromatic carbocycles. The Kier molecular flexibility index (Phi) is 33.1. The van der Waals surface area contributed by atoms with E-state index in [0.717, 1.165) is 12.8 Å². The first kappa shape index (κ1) is 27.6. The van der Waals surface area contributed by atoms with Gasteiger partial charge in [-0.3, -0.25) is 4.79 Å². The summed E-state index contributed by atoms with van der Waals surface area (Å²) < 4.78 is 0. The summed E-state index contributed by atoms with van der Waals surface area (Å²) in [5, 5.41) is 8.49. The fraction of sp³-hybridized carbons (Fsp3) is 0.938. The fourth-order valence-electron chi connectivity index (χ4n) is 2.29. The predicted octanol–water partition coefficient (Wildman–Crippen LogP) is 4.26. The molecule has 0 saturated heterocycles. The topological polar surface area (TPSA) is 37.3 Å². The van der Waals surface area contributed by atoms with Crippen molar-refractivity contribution >= 4 is 109 Å². The number of unbranched alkanes of at least 4 members (excludes halogenated alkanes) is 12. The zero-order chi connectivity index (χ0) is 13.5. The molecule has 0 aliphatic rings. The molecule has 0 amide bonds. The molecule has 0 atom stereocenters. The number of aliphatic carboxylic acids is 1. The molecule has 0 heterocycles. The first-order valence-corrected chi connectivity index (χ1v) is 7.99. The van der Waals surface area contributed by atoms with Gasteiger partial charge in [-0.05, 0) is 6.42 Å². The van der Waals surface area contributed by atoms with Crippen molar-refractivity contribution in [2.45, 2.75) is 96.8 Å². The van der Waals surface area contributed by atoms with Gasteiger partial charge in [0.05, 0.1) is 0 Å². The molecule has 0 radical (unpaired) electrons. The monoisotopic (exact) mass is 336 g/mol. The second kappa shape index (κ2) is 24.0. The van der Waals surface area contributed by atoms with Crippen LogP contribution in [0.4, 0.5) is 0 Å². The van der Waals surface area contributed by atoms with Gasteiger partial charge in [-0.15, -0.1) is 0 Å². The molecule has 0 aliphatic carbocycles. The third-order valence-corrected chi connectivity index (χ3v) is 3.49. The van der Waals surface area contributed by atoms with Crippen molar-refractivity contribution in [3.63, 3.8) is 0 Å². The van der Waals surface area contributed by atoms with Gasteiger partial charge in [-0.1, -0.05) is 84.0 Å². The van der Waals surface area contributed by atoms with Crippen LogP contribution in [0.5, 0.6) is 0 Å². The van der Waals surface area contributed by atoms with Crippen LogP contribution in [0.25, 0.3) is 0 Å². The van der Waals surface area contributed by atoms with Gasteiger partial charge in [0.1, 0.15) is 0 Å². The molecular formula is C16H34K2O2. The van der Waals surface area contributed by atoms with E-state index in [0.29, 0.717) is 6.42 Å². The molecule has 1 N–H and O–H groups in total. The Balaban J connectivity index is -0.00000144. The molecule has 4 heteroatoms. The summed E-state index contributed by atoms with van der Waals surface area (Å²) in [7, 11) is 0. The molecule has 0 aliphatic heterocycles. The van der Waals surface area contributed by atoms with E-state index < -0.39 is 5.97 Å². The Morgan fingerprint density at radius 2 is 0.950 bits per heavy atom. The molecule has 2 nitrogen and oxygen atoms in total. The minimum absolute atomic E-state index is 0.